The maximum atomic E-state index is 12.4. The molecule has 0 saturated heterocycles. The van der Waals surface area contributed by atoms with E-state index in [0.717, 1.165) is 10.5 Å². The van der Waals surface area contributed by atoms with Crippen molar-refractivity contribution in [2.24, 2.45) is 0 Å². The molecule has 8 heteroatoms. The summed E-state index contributed by atoms with van der Waals surface area (Å²) in [6, 6.07) is 16.5. The number of rotatable bonds is 10. The van der Waals surface area contributed by atoms with Gasteiger partial charge in [-0.25, -0.2) is 9.78 Å². The van der Waals surface area contributed by atoms with Crippen molar-refractivity contribution in [1.29, 1.82) is 0 Å². The van der Waals surface area contributed by atoms with Crippen LogP contribution in [0, 0.1) is 6.92 Å². The standard InChI is InChI=1S/C24H24N2O4S2/c1-3-30-23(29)18-8-6-17(7-9-18)12-20(27)15-32-24-25-19(13-22(28)26-24)14-31-21-10-4-16(2)5-11-21/h4-11,13H,3,12,14-15H2,1-2H3,(H,25,26,28). The van der Waals surface area contributed by atoms with Crippen LogP contribution in [0.25, 0.3) is 0 Å². The molecule has 0 unspecified atom stereocenters. The van der Waals surface area contributed by atoms with Crippen LogP contribution in [0.15, 0.2) is 69.4 Å². The highest BCUT2D eigenvalue weighted by molar-refractivity contribution is 7.99. The molecule has 6 nitrogen and oxygen atoms in total. The van der Waals surface area contributed by atoms with E-state index in [1.807, 2.05) is 31.2 Å². The van der Waals surface area contributed by atoms with Gasteiger partial charge in [-0.15, -0.1) is 11.8 Å². The van der Waals surface area contributed by atoms with Crippen molar-refractivity contribution in [3.05, 3.63) is 87.3 Å². The fourth-order valence-corrected chi connectivity index (χ4v) is 4.36. The molecule has 0 aliphatic heterocycles. The summed E-state index contributed by atoms with van der Waals surface area (Å²) in [6.07, 6.45) is 0.239. The van der Waals surface area contributed by atoms with Gasteiger partial charge in [-0.1, -0.05) is 41.6 Å². The first-order valence-corrected chi connectivity index (χ1v) is 12.1. The normalized spacial score (nSPS) is 10.7. The minimum absolute atomic E-state index is 0.000896. The highest BCUT2D eigenvalue weighted by Gasteiger charge is 2.10. The minimum Gasteiger partial charge on any atom is -0.462 e. The zero-order valence-electron chi connectivity index (χ0n) is 17.9. The van der Waals surface area contributed by atoms with Crippen molar-refractivity contribution in [1.82, 2.24) is 9.97 Å². The number of carbonyl (C=O) groups excluding carboxylic acids is 2. The van der Waals surface area contributed by atoms with Crippen molar-refractivity contribution in [3.8, 4) is 0 Å². The molecule has 166 valence electrons. The number of Topliss-reactive ketones (excluding diaryl/α,β-unsaturated/α-hetero) is 1. The molecule has 3 rings (SSSR count). The van der Waals surface area contributed by atoms with Crippen LogP contribution in [0.1, 0.15) is 34.1 Å². The predicted molar refractivity (Wildman–Crippen MR) is 127 cm³/mol. The van der Waals surface area contributed by atoms with Crippen molar-refractivity contribution >= 4 is 35.3 Å². The smallest absolute Gasteiger partial charge is 0.338 e. The Morgan fingerprint density at radius 1 is 1.03 bits per heavy atom. The average molecular weight is 469 g/mol. The van der Waals surface area contributed by atoms with Crippen LogP contribution in [0.2, 0.25) is 0 Å². The number of aromatic amines is 1. The number of hydrogen-bond donors (Lipinski definition) is 1. The molecule has 3 aromatic rings. The lowest BCUT2D eigenvalue weighted by Gasteiger charge is -2.06. The van der Waals surface area contributed by atoms with Crippen LogP contribution in [-0.4, -0.2) is 34.1 Å². The number of aryl methyl sites for hydroxylation is 1. The van der Waals surface area contributed by atoms with Crippen LogP contribution in [-0.2, 0) is 21.7 Å². The average Bonchev–Trinajstić information content (AvgIpc) is 2.78. The zero-order valence-corrected chi connectivity index (χ0v) is 19.6. The molecule has 1 heterocycles. The Morgan fingerprint density at radius 2 is 1.75 bits per heavy atom. The number of aromatic nitrogens is 2. The van der Waals surface area contributed by atoms with Gasteiger partial charge in [0, 0.05) is 23.1 Å². The number of nitrogens with zero attached hydrogens (tertiary/aromatic N) is 1. The second-order valence-electron chi connectivity index (χ2n) is 7.07. The fourth-order valence-electron chi connectivity index (χ4n) is 2.82. The number of benzene rings is 2. The minimum atomic E-state index is -0.378. The van der Waals surface area contributed by atoms with E-state index in [1.165, 1.54) is 23.4 Å². The second kappa shape index (κ2) is 11.7. The third-order valence-corrected chi connectivity index (χ3v) is 6.40. The summed E-state index contributed by atoms with van der Waals surface area (Å²) in [5.41, 5.74) is 2.91. The third kappa shape index (κ3) is 7.39. The first-order valence-electron chi connectivity index (χ1n) is 10.1. The maximum Gasteiger partial charge on any atom is 0.338 e. The van der Waals surface area contributed by atoms with Crippen molar-refractivity contribution in [2.75, 3.05) is 12.4 Å². The molecule has 0 radical (unpaired) electrons. The van der Waals surface area contributed by atoms with E-state index in [1.54, 1.807) is 43.0 Å². The molecule has 0 fully saturated rings. The van der Waals surface area contributed by atoms with Gasteiger partial charge in [0.25, 0.3) is 5.56 Å². The van der Waals surface area contributed by atoms with Gasteiger partial charge in [-0.2, -0.15) is 0 Å². The number of esters is 1. The summed E-state index contributed by atoms with van der Waals surface area (Å²) in [5.74, 6) is 0.385. The fraction of sp³-hybridized carbons (Fsp3) is 0.250. The van der Waals surface area contributed by atoms with Gasteiger partial charge >= 0.3 is 5.97 Å². The Labute approximate surface area is 195 Å². The summed E-state index contributed by atoms with van der Waals surface area (Å²) < 4.78 is 4.96. The Morgan fingerprint density at radius 3 is 2.44 bits per heavy atom. The number of hydrogen-bond acceptors (Lipinski definition) is 7. The lowest BCUT2D eigenvalue weighted by molar-refractivity contribution is -0.116. The first kappa shape index (κ1) is 23.8. The highest BCUT2D eigenvalue weighted by Crippen LogP contribution is 2.22. The maximum absolute atomic E-state index is 12.4. The summed E-state index contributed by atoms with van der Waals surface area (Å²) in [7, 11) is 0. The molecule has 0 saturated carbocycles. The number of carbonyl (C=O) groups is 2. The van der Waals surface area contributed by atoms with Crippen LogP contribution in [0.5, 0.6) is 0 Å². The van der Waals surface area contributed by atoms with Crippen LogP contribution in [0.4, 0.5) is 0 Å². The molecule has 0 aliphatic rings. The van der Waals surface area contributed by atoms with Crippen molar-refractivity contribution in [2.45, 2.75) is 36.1 Å². The zero-order chi connectivity index (χ0) is 22.9. The van der Waals surface area contributed by atoms with Gasteiger partial charge in [-0.05, 0) is 43.7 Å². The number of H-pyrrole nitrogens is 1. The summed E-state index contributed by atoms with van der Waals surface area (Å²) in [4.78, 5) is 44.3. The Hall–Kier alpha value is -2.84. The topological polar surface area (TPSA) is 89.1 Å². The largest absolute Gasteiger partial charge is 0.462 e. The lowest BCUT2D eigenvalue weighted by atomic mass is 10.1. The van der Waals surface area contributed by atoms with E-state index < -0.39 is 0 Å². The van der Waals surface area contributed by atoms with Gasteiger partial charge in [0.1, 0.15) is 5.78 Å². The van der Waals surface area contributed by atoms with Gasteiger partial charge in [0.15, 0.2) is 5.16 Å². The van der Waals surface area contributed by atoms with Gasteiger partial charge in [0.05, 0.1) is 23.6 Å². The molecule has 0 aliphatic carbocycles. The highest BCUT2D eigenvalue weighted by atomic mass is 32.2. The molecule has 2 aromatic carbocycles. The molecule has 32 heavy (non-hydrogen) atoms. The summed E-state index contributed by atoms with van der Waals surface area (Å²) in [5, 5.41) is 0.433. The molecule has 0 amide bonds. The van der Waals surface area contributed by atoms with E-state index in [4.69, 9.17) is 4.74 Å². The molecular formula is C24H24N2O4S2. The van der Waals surface area contributed by atoms with E-state index in [0.29, 0.717) is 28.8 Å². The predicted octanol–water partition coefficient (Wildman–Crippen LogP) is 4.45. The summed E-state index contributed by atoms with van der Waals surface area (Å²) >= 11 is 2.82. The van der Waals surface area contributed by atoms with E-state index in [-0.39, 0.29) is 29.5 Å². The second-order valence-corrected chi connectivity index (χ2v) is 9.08. The molecular weight excluding hydrogens is 444 g/mol. The Kier molecular flexibility index (Phi) is 8.70. The monoisotopic (exact) mass is 468 g/mol. The molecule has 0 bridgehead atoms. The number of ether oxygens (including phenoxy) is 1. The third-order valence-electron chi connectivity index (χ3n) is 4.42. The number of thioether (sulfide) groups is 2. The van der Waals surface area contributed by atoms with Crippen molar-refractivity contribution in [3.63, 3.8) is 0 Å². The van der Waals surface area contributed by atoms with E-state index >= 15 is 0 Å². The molecule has 1 N–H and O–H groups in total. The molecule has 0 spiro atoms. The molecule has 0 atom stereocenters. The SMILES string of the molecule is CCOC(=O)c1ccc(CC(=O)CSc2nc(CSc3ccc(C)cc3)cc(=O)[nH]2)cc1. The first-order chi connectivity index (χ1) is 15.4. The quantitative estimate of drug-likeness (QED) is 0.267. The van der Waals surface area contributed by atoms with Gasteiger partial charge < -0.3 is 9.72 Å². The van der Waals surface area contributed by atoms with Crippen LogP contribution >= 0.6 is 23.5 Å². The lowest BCUT2D eigenvalue weighted by Crippen LogP contribution is -2.12. The van der Waals surface area contributed by atoms with E-state index in [2.05, 4.69) is 9.97 Å². The number of nitrogens with one attached hydrogen (secondary N) is 1. The van der Waals surface area contributed by atoms with E-state index in [9.17, 15) is 14.4 Å². The van der Waals surface area contributed by atoms with Gasteiger partial charge in [0.2, 0.25) is 0 Å². The Balaban J connectivity index is 1.53. The molecule has 1 aromatic heterocycles. The van der Waals surface area contributed by atoms with Crippen LogP contribution < -0.4 is 5.56 Å². The van der Waals surface area contributed by atoms with Gasteiger partial charge in [-0.3, -0.25) is 9.59 Å². The van der Waals surface area contributed by atoms with Crippen LogP contribution in [0.3, 0.4) is 0 Å². The Bertz CT molecular complexity index is 1130. The summed E-state index contributed by atoms with van der Waals surface area (Å²) in [6.45, 7) is 4.11. The number of ketones is 1. The van der Waals surface area contributed by atoms with Crippen molar-refractivity contribution < 1.29 is 14.3 Å².